The normalized spacial score (nSPS) is 11.6. The molecule has 0 heterocycles. The molecule has 0 aliphatic carbocycles. The Labute approximate surface area is 109 Å². The second kappa shape index (κ2) is 7.49. The minimum atomic E-state index is -0.705. The summed E-state index contributed by atoms with van der Waals surface area (Å²) in [6, 6.07) is 8.72. The Morgan fingerprint density at radius 3 is 2.56 bits per heavy atom. The van der Waals surface area contributed by atoms with Gasteiger partial charge in [-0.05, 0) is 12.5 Å². The Balaban J connectivity index is 2.67. The number of rotatable bonds is 5. The number of hydrogen-bond acceptors (Lipinski definition) is 4. The van der Waals surface area contributed by atoms with Crippen molar-refractivity contribution in [3.05, 3.63) is 35.9 Å². The van der Waals surface area contributed by atoms with E-state index in [9.17, 15) is 9.59 Å². The lowest BCUT2D eigenvalue weighted by molar-refractivity contribution is -0.136. The molecule has 5 nitrogen and oxygen atoms in total. The molecular formula is C12H17NO4Si. The molecular weight excluding hydrogens is 250 g/mol. The lowest BCUT2D eigenvalue weighted by Gasteiger charge is -2.16. The summed E-state index contributed by atoms with van der Waals surface area (Å²) in [5, 5.41) is 2.50. The van der Waals surface area contributed by atoms with Crippen molar-refractivity contribution in [2.24, 2.45) is 0 Å². The van der Waals surface area contributed by atoms with Crippen molar-refractivity contribution in [3.8, 4) is 0 Å². The summed E-state index contributed by atoms with van der Waals surface area (Å²) in [7, 11) is 0.299. The van der Waals surface area contributed by atoms with Crippen LogP contribution in [0, 0.1) is 0 Å². The number of ether oxygens (including phenoxy) is 1. The number of amides is 1. The molecule has 0 radical (unpaired) electrons. The minimum absolute atomic E-state index is 0.264. The molecule has 6 heteroatoms. The maximum absolute atomic E-state index is 11.6. The molecule has 1 aromatic rings. The second-order valence-corrected chi connectivity index (χ2v) is 4.04. The van der Waals surface area contributed by atoms with Crippen molar-refractivity contribution < 1.29 is 18.8 Å². The van der Waals surface area contributed by atoms with Crippen LogP contribution in [0.5, 0.6) is 0 Å². The van der Waals surface area contributed by atoms with E-state index in [0.29, 0.717) is 16.9 Å². The summed E-state index contributed by atoms with van der Waals surface area (Å²) in [4.78, 5) is 22.9. The molecule has 98 valence electrons. The Hall–Kier alpha value is -1.82. The maximum atomic E-state index is 11.6. The highest BCUT2D eigenvalue weighted by Crippen LogP contribution is 2.04. The molecule has 18 heavy (non-hydrogen) atoms. The average molecular weight is 267 g/mol. The SMILES string of the molecule is CCOC(=O)N[C@@H](Cc1ccccc1)C(=O)O[SiH3]. The van der Waals surface area contributed by atoms with Gasteiger partial charge in [-0.15, -0.1) is 0 Å². The Kier molecular flexibility index (Phi) is 5.93. The van der Waals surface area contributed by atoms with Crippen LogP contribution in [-0.2, 0) is 20.4 Å². The predicted molar refractivity (Wildman–Crippen MR) is 70.1 cm³/mol. The van der Waals surface area contributed by atoms with E-state index in [4.69, 9.17) is 9.16 Å². The Bertz CT molecular complexity index is 396. The third-order valence-corrected chi connectivity index (χ3v) is 2.74. The average Bonchev–Trinajstić information content (AvgIpc) is 2.38. The highest BCUT2D eigenvalue weighted by molar-refractivity contribution is 6.06. The van der Waals surface area contributed by atoms with Crippen LogP contribution in [0.25, 0.3) is 0 Å². The maximum Gasteiger partial charge on any atom is 0.407 e. The second-order valence-electron chi connectivity index (χ2n) is 3.63. The van der Waals surface area contributed by atoms with Crippen molar-refractivity contribution >= 4 is 22.5 Å². The fourth-order valence-corrected chi connectivity index (χ4v) is 1.78. The standard InChI is InChI=1S/C12H17NO4Si/c1-2-16-12(15)13-10(11(14)17-18)8-9-6-4-3-5-7-9/h3-7,10H,2,8H2,1,18H3,(H,13,15)/t10-/m0/s1. The van der Waals surface area contributed by atoms with Crippen LogP contribution in [0.3, 0.4) is 0 Å². The molecule has 1 amide bonds. The van der Waals surface area contributed by atoms with Crippen molar-refractivity contribution in [1.82, 2.24) is 5.32 Å². The van der Waals surface area contributed by atoms with E-state index in [2.05, 4.69) is 5.32 Å². The molecule has 1 aromatic carbocycles. The first-order valence-corrected chi connectivity index (χ1v) is 6.54. The smallest absolute Gasteiger partial charge is 0.407 e. The first-order valence-electron chi connectivity index (χ1n) is 5.72. The number of carbonyl (C=O) groups excluding carboxylic acids is 2. The molecule has 0 aromatic heterocycles. The number of carbonyl (C=O) groups is 2. The highest BCUT2D eigenvalue weighted by atomic mass is 28.2. The fraction of sp³-hybridized carbons (Fsp3) is 0.333. The van der Waals surface area contributed by atoms with Crippen LogP contribution >= 0.6 is 0 Å². The van der Waals surface area contributed by atoms with E-state index in [1.54, 1.807) is 6.92 Å². The third-order valence-electron chi connectivity index (χ3n) is 2.34. The van der Waals surface area contributed by atoms with Gasteiger partial charge in [-0.25, -0.2) is 4.79 Å². The quantitative estimate of drug-likeness (QED) is 0.772. The molecule has 0 aliphatic heterocycles. The Morgan fingerprint density at radius 2 is 2.00 bits per heavy atom. The van der Waals surface area contributed by atoms with Crippen molar-refractivity contribution in [2.45, 2.75) is 19.4 Å². The summed E-state index contributed by atoms with van der Waals surface area (Å²) in [5.74, 6) is -0.432. The zero-order chi connectivity index (χ0) is 13.4. The van der Waals surface area contributed by atoms with E-state index >= 15 is 0 Å². The van der Waals surface area contributed by atoms with Crippen LogP contribution < -0.4 is 5.32 Å². The molecule has 0 aliphatic rings. The van der Waals surface area contributed by atoms with Crippen molar-refractivity contribution in [2.75, 3.05) is 6.61 Å². The monoisotopic (exact) mass is 267 g/mol. The van der Waals surface area contributed by atoms with Gasteiger partial charge in [-0.2, -0.15) is 0 Å². The molecule has 0 saturated carbocycles. The topological polar surface area (TPSA) is 64.6 Å². The summed E-state index contributed by atoms with van der Waals surface area (Å²) in [6.07, 6.45) is -0.216. The number of alkyl carbamates (subject to hydrolysis) is 1. The van der Waals surface area contributed by atoms with E-state index in [1.807, 2.05) is 30.3 Å². The van der Waals surface area contributed by atoms with Crippen LogP contribution in [0.1, 0.15) is 12.5 Å². The zero-order valence-electron chi connectivity index (χ0n) is 10.5. The molecule has 0 saturated heterocycles. The van der Waals surface area contributed by atoms with Crippen LogP contribution in [0.2, 0.25) is 0 Å². The summed E-state index contributed by atoms with van der Waals surface area (Å²) < 4.78 is 9.55. The summed E-state index contributed by atoms with van der Waals surface area (Å²) >= 11 is 0. The molecule has 1 atom stereocenters. The van der Waals surface area contributed by atoms with Gasteiger partial charge in [0.05, 0.1) is 6.61 Å². The molecule has 0 fully saturated rings. The van der Waals surface area contributed by atoms with Gasteiger partial charge in [0.15, 0.2) is 0 Å². The van der Waals surface area contributed by atoms with Gasteiger partial charge in [0.25, 0.3) is 0 Å². The largest absolute Gasteiger partial charge is 0.527 e. The van der Waals surface area contributed by atoms with Crippen LogP contribution in [0.4, 0.5) is 4.79 Å². The molecule has 1 rings (SSSR count). The van der Waals surface area contributed by atoms with Gasteiger partial charge in [0, 0.05) is 6.42 Å². The van der Waals surface area contributed by atoms with Crippen LogP contribution in [-0.4, -0.2) is 35.2 Å². The predicted octanol–water partition coefficient (Wildman–Crippen LogP) is 0.167. The Morgan fingerprint density at radius 1 is 1.33 bits per heavy atom. The lowest BCUT2D eigenvalue weighted by atomic mass is 10.1. The fourth-order valence-electron chi connectivity index (χ4n) is 1.50. The first-order chi connectivity index (χ1) is 8.67. The third kappa shape index (κ3) is 4.58. The number of benzene rings is 1. The van der Waals surface area contributed by atoms with Gasteiger partial charge in [-0.3, -0.25) is 4.79 Å². The van der Waals surface area contributed by atoms with E-state index in [0.717, 1.165) is 5.56 Å². The van der Waals surface area contributed by atoms with Gasteiger partial charge < -0.3 is 14.5 Å². The van der Waals surface area contributed by atoms with Crippen LogP contribution in [0.15, 0.2) is 30.3 Å². The lowest BCUT2D eigenvalue weighted by Crippen LogP contribution is -2.43. The van der Waals surface area contributed by atoms with E-state index in [-0.39, 0.29) is 6.61 Å². The summed E-state index contributed by atoms with van der Waals surface area (Å²) in [5.41, 5.74) is 0.950. The van der Waals surface area contributed by atoms with Gasteiger partial charge in [-0.1, -0.05) is 30.3 Å². The molecule has 0 unspecified atom stereocenters. The van der Waals surface area contributed by atoms with E-state index in [1.165, 1.54) is 0 Å². The number of hydrogen-bond donors (Lipinski definition) is 1. The van der Waals surface area contributed by atoms with Gasteiger partial charge >= 0.3 is 12.1 Å². The highest BCUT2D eigenvalue weighted by Gasteiger charge is 2.21. The molecule has 1 N–H and O–H groups in total. The van der Waals surface area contributed by atoms with Crippen molar-refractivity contribution in [3.63, 3.8) is 0 Å². The number of nitrogens with one attached hydrogen (secondary N) is 1. The zero-order valence-corrected chi connectivity index (χ0v) is 12.5. The molecule has 0 bridgehead atoms. The first kappa shape index (κ1) is 14.2. The minimum Gasteiger partial charge on any atom is -0.527 e. The van der Waals surface area contributed by atoms with E-state index < -0.39 is 18.1 Å². The van der Waals surface area contributed by atoms with Crippen molar-refractivity contribution in [1.29, 1.82) is 0 Å². The summed E-state index contributed by atoms with van der Waals surface area (Å²) in [6.45, 7) is 1.97. The van der Waals surface area contributed by atoms with Gasteiger partial charge in [0.1, 0.15) is 6.04 Å². The molecule has 0 spiro atoms. The van der Waals surface area contributed by atoms with Gasteiger partial charge in [0.2, 0.25) is 10.5 Å².